The van der Waals surface area contributed by atoms with Crippen LogP contribution >= 0.6 is 0 Å². The fraction of sp³-hybridized carbons (Fsp3) is 0.500. The first kappa shape index (κ1) is 10.8. The first-order valence-corrected chi connectivity index (χ1v) is 6.38. The maximum Gasteiger partial charge on any atom is 0.234 e. The fourth-order valence-electron chi connectivity index (χ4n) is 3.01. The van der Waals surface area contributed by atoms with Crippen LogP contribution in [0.25, 0.3) is 0 Å². The molecule has 2 fully saturated rings. The minimum Gasteiger partial charge on any atom is -0.352 e. The fourth-order valence-corrected chi connectivity index (χ4v) is 3.01. The Kier molecular flexibility index (Phi) is 2.85. The summed E-state index contributed by atoms with van der Waals surface area (Å²) in [6.07, 6.45) is 3.48. The maximum absolute atomic E-state index is 11.7. The molecule has 1 amide bonds. The Labute approximate surface area is 102 Å². The highest BCUT2D eigenvalue weighted by Gasteiger charge is 2.34. The molecule has 1 heterocycles. The summed E-state index contributed by atoms with van der Waals surface area (Å²) in [6, 6.07) is 11.4. The molecule has 1 aliphatic carbocycles. The van der Waals surface area contributed by atoms with Crippen LogP contribution < -0.4 is 5.32 Å². The first-order chi connectivity index (χ1) is 8.31. The zero-order valence-corrected chi connectivity index (χ0v) is 9.93. The summed E-state index contributed by atoms with van der Waals surface area (Å²) >= 11 is 0. The topological polar surface area (TPSA) is 32.3 Å². The monoisotopic (exact) mass is 230 g/mol. The molecule has 3 heteroatoms. The van der Waals surface area contributed by atoms with Gasteiger partial charge in [0.25, 0.3) is 0 Å². The van der Waals surface area contributed by atoms with Crippen molar-refractivity contribution in [2.45, 2.75) is 37.9 Å². The Morgan fingerprint density at radius 2 is 2.06 bits per heavy atom. The van der Waals surface area contributed by atoms with Gasteiger partial charge in [-0.2, -0.15) is 0 Å². The molecule has 1 aliphatic heterocycles. The molecule has 90 valence electrons. The Morgan fingerprint density at radius 1 is 1.24 bits per heavy atom. The summed E-state index contributed by atoms with van der Waals surface area (Å²) in [4.78, 5) is 14.1. The number of carbonyl (C=O) groups excluding carboxylic acids is 1. The van der Waals surface area contributed by atoms with Crippen molar-refractivity contribution in [3.05, 3.63) is 35.9 Å². The molecule has 2 unspecified atom stereocenters. The molecule has 2 bridgehead atoms. The van der Waals surface area contributed by atoms with Crippen molar-refractivity contribution in [2.75, 3.05) is 6.54 Å². The molecule has 2 atom stereocenters. The molecular weight excluding hydrogens is 212 g/mol. The van der Waals surface area contributed by atoms with Crippen molar-refractivity contribution in [1.82, 2.24) is 10.2 Å². The van der Waals surface area contributed by atoms with Gasteiger partial charge >= 0.3 is 0 Å². The van der Waals surface area contributed by atoms with E-state index in [4.69, 9.17) is 0 Å². The number of nitrogens with zero attached hydrogens (tertiary/aromatic N) is 1. The van der Waals surface area contributed by atoms with E-state index in [2.05, 4.69) is 34.5 Å². The number of fused-ring (bicyclic) bond motifs is 2. The third-order valence-electron chi connectivity index (χ3n) is 3.86. The largest absolute Gasteiger partial charge is 0.352 e. The van der Waals surface area contributed by atoms with Gasteiger partial charge in [-0.15, -0.1) is 0 Å². The van der Waals surface area contributed by atoms with E-state index >= 15 is 0 Å². The molecule has 2 aliphatic rings. The SMILES string of the molecule is O=C1CN(Cc2ccccc2)C2CCC(C2)N1. The van der Waals surface area contributed by atoms with Crippen molar-refractivity contribution >= 4 is 5.91 Å². The van der Waals surface area contributed by atoms with E-state index < -0.39 is 0 Å². The highest BCUT2D eigenvalue weighted by Crippen LogP contribution is 2.27. The molecule has 1 aromatic rings. The summed E-state index contributed by atoms with van der Waals surface area (Å²) in [7, 11) is 0. The number of carbonyl (C=O) groups is 1. The van der Waals surface area contributed by atoms with Crippen molar-refractivity contribution in [3.8, 4) is 0 Å². The Bertz CT molecular complexity index is 404. The van der Waals surface area contributed by atoms with Crippen LogP contribution in [0.3, 0.4) is 0 Å². The first-order valence-electron chi connectivity index (χ1n) is 6.38. The smallest absolute Gasteiger partial charge is 0.234 e. The minimum atomic E-state index is 0.188. The molecule has 0 aromatic heterocycles. The molecule has 1 aromatic carbocycles. The molecule has 0 spiro atoms. The van der Waals surface area contributed by atoms with Gasteiger partial charge in [0.1, 0.15) is 0 Å². The summed E-state index contributed by atoms with van der Waals surface area (Å²) in [6.45, 7) is 1.45. The van der Waals surface area contributed by atoms with E-state index in [1.54, 1.807) is 0 Å². The van der Waals surface area contributed by atoms with Crippen LogP contribution in [0, 0.1) is 0 Å². The van der Waals surface area contributed by atoms with Crippen molar-refractivity contribution in [3.63, 3.8) is 0 Å². The highest BCUT2D eigenvalue weighted by molar-refractivity contribution is 5.78. The van der Waals surface area contributed by atoms with E-state index in [0.29, 0.717) is 18.6 Å². The van der Waals surface area contributed by atoms with Crippen LogP contribution in [-0.2, 0) is 11.3 Å². The lowest BCUT2D eigenvalue weighted by Crippen LogP contribution is -2.40. The lowest BCUT2D eigenvalue weighted by molar-refractivity contribution is -0.122. The van der Waals surface area contributed by atoms with E-state index in [-0.39, 0.29) is 5.91 Å². The third kappa shape index (κ3) is 2.34. The van der Waals surface area contributed by atoms with Gasteiger partial charge < -0.3 is 5.32 Å². The van der Waals surface area contributed by atoms with Gasteiger partial charge in [-0.1, -0.05) is 30.3 Å². The normalized spacial score (nSPS) is 28.8. The number of nitrogens with one attached hydrogen (secondary N) is 1. The van der Waals surface area contributed by atoms with Crippen molar-refractivity contribution in [2.24, 2.45) is 0 Å². The van der Waals surface area contributed by atoms with Crippen LogP contribution in [0.5, 0.6) is 0 Å². The quantitative estimate of drug-likeness (QED) is 0.836. The number of hydrogen-bond donors (Lipinski definition) is 1. The third-order valence-corrected chi connectivity index (χ3v) is 3.86. The average Bonchev–Trinajstić information content (AvgIpc) is 2.71. The van der Waals surface area contributed by atoms with Gasteiger partial charge in [-0.3, -0.25) is 9.69 Å². The number of amides is 1. The predicted octanol–water partition coefficient (Wildman–Crippen LogP) is 1.54. The standard InChI is InChI=1S/C14H18N2O/c17-14-10-16(9-11-4-2-1-3-5-11)13-7-6-12(8-13)15-14/h1-5,12-13H,6-10H2,(H,15,17). The van der Waals surface area contributed by atoms with Gasteiger partial charge in [-0.25, -0.2) is 0 Å². The predicted molar refractivity (Wildman–Crippen MR) is 66.4 cm³/mol. The van der Waals surface area contributed by atoms with Crippen molar-refractivity contribution < 1.29 is 4.79 Å². The van der Waals surface area contributed by atoms with Gasteiger partial charge in [0.05, 0.1) is 6.54 Å². The number of hydrogen-bond acceptors (Lipinski definition) is 2. The maximum atomic E-state index is 11.7. The summed E-state index contributed by atoms with van der Waals surface area (Å²) < 4.78 is 0. The van der Waals surface area contributed by atoms with Crippen LogP contribution in [-0.4, -0.2) is 29.4 Å². The van der Waals surface area contributed by atoms with E-state index in [9.17, 15) is 4.79 Å². The zero-order chi connectivity index (χ0) is 11.7. The van der Waals surface area contributed by atoms with Crippen molar-refractivity contribution in [1.29, 1.82) is 0 Å². The molecule has 17 heavy (non-hydrogen) atoms. The molecule has 1 saturated heterocycles. The van der Waals surface area contributed by atoms with Crippen LogP contribution in [0.1, 0.15) is 24.8 Å². The second-order valence-corrected chi connectivity index (χ2v) is 5.12. The molecular formula is C14H18N2O. The highest BCUT2D eigenvalue weighted by atomic mass is 16.2. The summed E-state index contributed by atoms with van der Waals surface area (Å²) in [5.74, 6) is 0.188. The van der Waals surface area contributed by atoms with Gasteiger partial charge in [0.15, 0.2) is 0 Å². The molecule has 3 nitrogen and oxygen atoms in total. The number of benzene rings is 1. The Morgan fingerprint density at radius 3 is 2.88 bits per heavy atom. The van der Waals surface area contributed by atoms with E-state index in [1.807, 2.05) is 6.07 Å². The second-order valence-electron chi connectivity index (χ2n) is 5.12. The minimum absolute atomic E-state index is 0.188. The summed E-state index contributed by atoms with van der Waals surface area (Å²) in [5, 5.41) is 3.11. The molecule has 0 radical (unpaired) electrons. The lowest BCUT2D eigenvalue weighted by Gasteiger charge is -2.26. The van der Waals surface area contributed by atoms with Crippen LogP contribution in [0.4, 0.5) is 0 Å². The second kappa shape index (κ2) is 4.49. The molecule has 1 N–H and O–H groups in total. The number of rotatable bonds is 2. The van der Waals surface area contributed by atoms with Crippen LogP contribution in [0.15, 0.2) is 30.3 Å². The summed E-state index contributed by atoms with van der Waals surface area (Å²) in [5.41, 5.74) is 1.30. The van der Waals surface area contributed by atoms with E-state index in [1.165, 1.54) is 12.0 Å². The lowest BCUT2D eigenvalue weighted by atomic mass is 10.1. The van der Waals surface area contributed by atoms with E-state index in [0.717, 1.165) is 19.4 Å². The van der Waals surface area contributed by atoms with Gasteiger partial charge in [0.2, 0.25) is 5.91 Å². The molecule has 3 rings (SSSR count). The Balaban J connectivity index is 1.75. The molecule has 1 saturated carbocycles. The zero-order valence-electron chi connectivity index (χ0n) is 9.93. The van der Waals surface area contributed by atoms with Crippen LogP contribution in [0.2, 0.25) is 0 Å². The van der Waals surface area contributed by atoms with Gasteiger partial charge in [-0.05, 0) is 24.8 Å². The average molecular weight is 230 g/mol. The Hall–Kier alpha value is -1.35. The van der Waals surface area contributed by atoms with Gasteiger partial charge in [0, 0.05) is 18.6 Å².